The Morgan fingerprint density at radius 1 is 1.10 bits per heavy atom. The number of benzene rings is 1. The van der Waals surface area contributed by atoms with Crippen LogP contribution in [0.4, 0.5) is 11.4 Å². The summed E-state index contributed by atoms with van der Waals surface area (Å²) in [6, 6.07) is 8.00. The SMILES string of the molecule is Br.C[N+](C)(C)c1ccc(NC(=O)CCCCCN)cc1.[Br-]. The average Bonchev–Trinajstić information content (AvgIpc) is 2.34. The van der Waals surface area contributed by atoms with Crippen LogP contribution in [-0.2, 0) is 4.79 Å². The molecule has 0 unspecified atom stereocenters. The van der Waals surface area contributed by atoms with E-state index in [1.54, 1.807) is 0 Å². The van der Waals surface area contributed by atoms with Gasteiger partial charge in [-0.2, -0.15) is 0 Å². The van der Waals surface area contributed by atoms with E-state index in [0.717, 1.165) is 29.4 Å². The van der Waals surface area contributed by atoms with Crippen molar-refractivity contribution in [1.29, 1.82) is 0 Å². The molecule has 1 aromatic rings. The number of unbranched alkanes of at least 4 members (excludes halogenated alkanes) is 2. The number of hydrogen-bond donors (Lipinski definition) is 2. The standard InChI is InChI=1S/C15H25N3O.2BrH/c1-18(2,3)14-10-8-13(9-11-14)17-15(19)7-5-4-6-12-16;;/h8-11H,4-7,12,16H2,1-3H3;2*1H. The molecular formula is C15H27Br2N3O. The van der Waals surface area contributed by atoms with E-state index in [-0.39, 0.29) is 39.9 Å². The summed E-state index contributed by atoms with van der Waals surface area (Å²) in [6.07, 6.45) is 3.48. The van der Waals surface area contributed by atoms with Gasteiger partial charge >= 0.3 is 0 Å². The lowest BCUT2D eigenvalue weighted by Gasteiger charge is -2.23. The van der Waals surface area contributed by atoms with Crippen LogP contribution in [-0.4, -0.2) is 33.6 Å². The molecule has 0 saturated heterocycles. The number of quaternary nitrogens is 1. The Balaban J connectivity index is 0. The van der Waals surface area contributed by atoms with Crippen molar-refractivity contribution < 1.29 is 21.8 Å². The summed E-state index contributed by atoms with van der Waals surface area (Å²) >= 11 is 0. The minimum atomic E-state index is 0. The summed E-state index contributed by atoms with van der Waals surface area (Å²) in [5, 5.41) is 2.92. The van der Waals surface area contributed by atoms with Gasteiger partial charge in [-0.1, -0.05) is 6.42 Å². The van der Waals surface area contributed by atoms with Gasteiger partial charge in [0.2, 0.25) is 5.91 Å². The monoisotopic (exact) mass is 423 g/mol. The van der Waals surface area contributed by atoms with E-state index in [1.165, 1.54) is 5.69 Å². The highest BCUT2D eigenvalue weighted by molar-refractivity contribution is 8.93. The van der Waals surface area contributed by atoms with Crippen LogP contribution in [0.25, 0.3) is 0 Å². The molecule has 6 heteroatoms. The van der Waals surface area contributed by atoms with Crippen molar-refractivity contribution in [3.05, 3.63) is 24.3 Å². The molecule has 122 valence electrons. The van der Waals surface area contributed by atoms with Crippen LogP contribution in [0.3, 0.4) is 0 Å². The molecule has 21 heavy (non-hydrogen) atoms. The van der Waals surface area contributed by atoms with Gasteiger partial charge in [0.05, 0.1) is 21.1 Å². The van der Waals surface area contributed by atoms with Gasteiger partial charge in [0, 0.05) is 24.2 Å². The lowest BCUT2D eigenvalue weighted by atomic mass is 10.2. The highest BCUT2D eigenvalue weighted by atomic mass is 79.9. The van der Waals surface area contributed by atoms with Crippen molar-refractivity contribution in [2.24, 2.45) is 5.73 Å². The highest BCUT2D eigenvalue weighted by Gasteiger charge is 2.11. The predicted molar refractivity (Wildman–Crippen MR) is 92.5 cm³/mol. The Morgan fingerprint density at radius 2 is 1.67 bits per heavy atom. The number of nitrogens with one attached hydrogen (secondary N) is 1. The Labute approximate surface area is 149 Å². The summed E-state index contributed by atoms with van der Waals surface area (Å²) in [5.74, 6) is 0.0787. The molecule has 1 rings (SSSR count). The zero-order chi connectivity index (χ0) is 14.3. The number of carbonyl (C=O) groups excluding carboxylic acids is 1. The first-order valence-electron chi connectivity index (χ1n) is 6.85. The van der Waals surface area contributed by atoms with Crippen LogP contribution in [0.5, 0.6) is 0 Å². The average molecular weight is 425 g/mol. The smallest absolute Gasteiger partial charge is 0.224 e. The Bertz CT molecular complexity index is 402. The maximum atomic E-state index is 11.7. The Hall–Kier alpha value is -0.430. The van der Waals surface area contributed by atoms with E-state index in [0.29, 0.717) is 13.0 Å². The van der Waals surface area contributed by atoms with Crippen LogP contribution in [0.1, 0.15) is 25.7 Å². The second kappa shape index (κ2) is 11.2. The molecule has 0 aliphatic heterocycles. The van der Waals surface area contributed by atoms with E-state index in [9.17, 15) is 4.79 Å². The lowest BCUT2D eigenvalue weighted by molar-refractivity contribution is -0.116. The number of rotatable bonds is 7. The number of nitrogens with two attached hydrogens (primary N) is 1. The van der Waals surface area contributed by atoms with Crippen LogP contribution < -0.4 is 32.5 Å². The summed E-state index contributed by atoms with van der Waals surface area (Å²) in [7, 11) is 6.35. The molecule has 0 aliphatic carbocycles. The molecule has 3 N–H and O–H groups in total. The van der Waals surface area contributed by atoms with E-state index >= 15 is 0 Å². The Morgan fingerprint density at radius 3 is 2.14 bits per heavy atom. The molecule has 0 spiro atoms. The first kappa shape index (κ1) is 22.8. The van der Waals surface area contributed by atoms with Gasteiger partial charge in [0.1, 0.15) is 5.69 Å². The third-order valence-corrected chi connectivity index (χ3v) is 3.03. The van der Waals surface area contributed by atoms with Gasteiger partial charge in [-0.3, -0.25) is 9.28 Å². The molecule has 0 aromatic heterocycles. The second-order valence-electron chi connectivity index (χ2n) is 5.71. The maximum Gasteiger partial charge on any atom is 0.224 e. The summed E-state index contributed by atoms with van der Waals surface area (Å²) < 4.78 is 0.771. The molecule has 0 radical (unpaired) electrons. The maximum absolute atomic E-state index is 11.7. The molecule has 0 bridgehead atoms. The van der Waals surface area contributed by atoms with E-state index < -0.39 is 0 Å². The fraction of sp³-hybridized carbons (Fsp3) is 0.533. The van der Waals surface area contributed by atoms with Crippen molar-refractivity contribution in [3.63, 3.8) is 0 Å². The second-order valence-corrected chi connectivity index (χ2v) is 5.71. The normalized spacial score (nSPS) is 10.3. The number of halogens is 2. The van der Waals surface area contributed by atoms with Gasteiger partial charge in [-0.15, -0.1) is 17.0 Å². The van der Waals surface area contributed by atoms with Crippen molar-refractivity contribution >= 4 is 34.3 Å². The van der Waals surface area contributed by atoms with E-state index in [4.69, 9.17) is 5.73 Å². The number of hydrogen-bond acceptors (Lipinski definition) is 2. The molecule has 0 heterocycles. The van der Waals surface area contributed by atoms with Gasteiger partial charge in [0.25, 0.3) is 0 Å². The van der Waals surface area contributed by atoms with E-state index in [1.807, 2.05) is 24.3 Å². The lowest BCUT2D eigenvalue weighted by Crippen LogP contribution is -3.00. The predicted octanol–water partition coefficient (Wildman–Crippen LogP) is -0.0772. The molecular weight excluding hydrogens is 398 g/mol. The van der Waals surface area contributed by atoms with Crippen LogP contribution in [0.2, 0.25) is 0 Å². The zero-order valence-corrected chi connectivity index (χ0v) is 16.4. The summed E-state index contributed by atoms with van der Waals surface area (Å²) in [6.45, 7) is 0.703. The first-order valence-corrected chi connectivity index (χ1v) is 6.85. The third-order valence-electron chi connectivity index (χ3n) is 3.03. The quantitative estimate of drug-likeness (QED) is 0.475. The zero-order valence-electron chi connectivity index (χ0n) is 13.1. The molecule has 0 saturated carbocycles. The molecule has 1 aromatic carbocycles. The van der Waals surface area contributed by atoms with Gasteiger partial charge < -0.3 is 28.0 Å². The number of anilines is 1. The fourth-order valence-corrected chi connectivity index (χ4v) is 1.82. The van der Waals surface area contributed by atoms with Gasteiger partial charge in [-0.05, 0) is 31.5 Å². The highest BCUT2D eigenvalue weighted by Crippen LogP contribution is 2.19. The largest absolute Gasteiger partial charge is 1.00 e. The number of amides is 1. The minimum Gasteiger partial charge on any atom is -1.00 e. The van der Waals surface area contributed by atoms with E-state index in [2.05, 4.69) is 26.5 Å². The molecule has 0 fully saturated rings. The molecule has 0 atom stereocenters. The topological polar surface area (TPSA) is 55.1 Å². The molecule has 4 nitrogen and oxygen atoms in total. The minimum absolute atomic E-state index is 0. The summed E-state index contributed by atoms with van der Waals surface area (Å²) in [4.78, 5) is 11.7. The van der Waals surface area contributed by atoms with Gasteiger partial charge in [0.15, 0.2) is 0 Å². The fourth-order valence-electron chi connectivity index (χ4n) is 1.82. The van der Waals surface area contributed by atoms with Crippen molar-refractivity contribution in [2.75, 3.05) is 33.0 Å². The first-order chi connectivity index (χ1) is 8.93. The van der Waals surface area contributed by atoms with Crippen LogP contribution >= 0.6 is 17.0 Å². The third kappa shape index (κ3) is 9.24. The summed E-state index contributed by atoms with van der Waals surface area (Å²) in [5.41, 5.74) is 7.49. The van der Waals surface area contributed by atoms with Crippen molar-refractivity contribution in [1.82, 2.24) is 4.48 Å². The van der Waals surface area contributed by atoms with Gasteiger partial charge in [-0.25, -0.2) is 0 Å². The van der Waals surface area contributed by atoms with Crippen LogP contribution in [0.15, 0.2) is 24.3 Å². The van der Waals surface area contributed by atoms with Crippen molar-refractivity contribution in [3.8, 4) is 0 Å². The molecule has 0 aliphatic rings. The van der Waals surface area contributed by atoms with Crippen LogP contribution in [0, 0.1) is 0 Å². The van der Waals surface area contributed by atoms with Crippen molar-refractivity contribution in [2.45, 2.75) is 25.7 Å². The molecule has 1 amide bonds. The number of carbonyl (C=O) groups is 1. The Kier molecular flexibility index (Phi) is 12.2. The number of nitrogens with zero attached hydrogens (tertiary/aromatic N) is 1.